The van der Waals surface area contributed by atoms with Crippen LogP contribution in [0.1, 0.15) is 5.56 Å². The van der Waals surface area contributed by atoms with Crippen molar-refractivity contribution in [1.29, 1.82) is 0 Å². The summed E-state index contributed by atoms with van der Waals surface area (Å²) in [6.07, 6.45) is 2.60. The third kappa shape index (κ3) is 6.46. The van der Waals surface area contributed by atoms with Gasteiger partial charge in [-0.1, -0.05) is 6.08 Å². The summed E-state index contributed by atoms with van der Waals surface area (Å²) in [7, 11) is 0. The molecule has 3 heteroatoms. The van der Waals surface area contributed by atoms with Gasteiger partial charge in [-0.15, -0.1) is 30.3 Å². The minimum Gasteiger partial charge on any atom is -0.870 e. The molecule has 0 aliphatic carbocycles. The molecule has 0 atom stereocenters. The Hall–Kier alpha value is 0.395. The topological polar surface area (TPSA) is 47.1 Å². The monoisotopic (exact) mass is 247 g/mol. The van der Waals surface area contributed by atoms with Crippen LogP contribution in [-0.4, -0.2) is 5.48 Å². The second kappa shape index (κ2) is 8.97. The maximum atomic E-state index is 10.7. The van der Waals surface area contributed by atoms with Crippen LogP contribution in [0.2, 0.25) is 0 Å². The molecule has 0 saturated carbocycles. The van der Waals surface area contributed by atoms with Gasteiger partial charge in [0.15, 0.2) is 0 Å². The average Bonchev–Trinajstić information content (AvgIpc) is 2.17. The Bertz CT molecular complexity index is 310. The molecule has 0 fully saturated rings. The SMILES string of the molecule is C=CCc1cc[c-]c(=O)cc1.[OH-].[Rb+]. The van der Waals surface area contributed by atoms with Gasteiger partial charge in [0.05, 0.1) is 5.43 Å². The van der Waals surface area contributed by atoms with Gasteiger partial charge < -0.3 is 10.3 Å². The van der Waals surface area contributed by atoms with E-state index in [1.165, 1.54) is 6.07 Å². The molecule has 0 amide bonds. The van der Waals surface area contributed by atoms with Crippen molar-refractivity contribution in [2.45, 2.75) is 6.42 Å². The van der Waals surface area contributed by atoms with Crippen molar-refractivity contribution in [3.05, 3.63) is 58.8 Å². The Morgan fingerprint density at radius 1 is 1.38 bits per heavy atom. The molecule has 1 aromatic rings. The van der Waals surface area contributed by atoms with Crippen molar-refractivity contribution < 1.29 is 63.7 Å². The van der Waals surface area contributed by atoms with Crippen LogP contribution in [0.15, 0.2) is 41.7 Å². The van der Waals surface area contributed by atoms with Crippen molar-refractivity contribution >= 4 is 0 Å². The molecule has 0 aliphatic rings. The number of rotatable bonds is 2. The van der Waals surface area contributed by atoms with Gasteiger partial charge in [0.2, 0.25) is 0 Å². The molecule has 64 valence electrons. The van der Waals surface area contributed by atoms with Gasteiger partial charge in [-0.2, -0.15) is 12.1 Å². The second-order valence-corrected chi connectivity index (χ2v) is 2.24. The Balaban J connectivity index is 0. The fourth-order valence-corrected chi connectivity index (χ4v) is 0.820. The van der Waals surface area contributed by atoms with Gasteiger partial charge in [-0.25, -0.2) is 0 Å². The van der Waals surface area contributed by atoms with Gasteiger partial charge in [-0.05, 0) is 6.42 Å². The average molecular weight is 248 g/mol. The molecule has 0 radical (unpaired) electrons. The van der Waals surface area contributed by atoms with Crippen LogP contribution in [0.3, 0.4) is 0 Å². The van der Waals surface area contributed by atoms with Gasteiger partial charge in [0.1, 0.15) is 0 Å². The molecule has 2 nitrogen and oxygen atoms in total. The van der Waals surface area contributed by atoms with Crippen molar-refractivity contribution in [2.24, 2.45) is 0 Å². The Kier molecular flexibility index (Phi) is 10.9. The minimum atomic E-state index is -0.0830. The van der Waals surface area contributed by atoms with E-state index >= 15 is 0 Å². The molecule has 0 aliphatic heterocycles. The zero-order valence-corrected chi connectivity index (χ0v) is 12.6. The predicted octanol–water partition coefficient (Wildman–Crippen LogP) is -1.60. The maximum Gasteiger partial charge on any atom is 1.00 e. The van der Waals surface area contributed by atoms with E-state index in [0.29, 0.717) is 0 Å². The molecule has 0 unspecified atom stereocenters. The molecule has 13 heavy (non-hydrogen) atoms. The number of hydrogen-bond donors (Lipinski definition) is 0. The molecule has 0 saturated heterocycles. The number of hydrogen-bond acceptors (Lipinski definition) is 2. The van der Waals surface area contributed by atoms with E-state index in [1.54, 1.807) is 18.2 Å². The Morgan fingerprint density at radius 3 is 2.69 bits per heavy atom. The smallest absolute Gasteiger partial charge is 0.870 e. The second-order valence-electron chi connectivity index (χ2n) is 2.24. The summed E-state index contributed by atoms with van der Waals surface area (Å²) in [6.45, 7) is 3.61. The molecule has 0 spiro atoms. The summed E-state index contributed by atoms with van der Waals surface area (Å²) >= 11 is 0. The summed E-state index contributed by atoms with van der Waals surface area (Å²) in [5.74, 6) is 0. The Morgan fingerprint density at radius 2 is 2.08 bits per heavy atom. The summed E-state index contributed by atoms with van der Waals surface area (Å²) in [6, 6.07) is 9.38. The van der Waals surface area contributed by atoms with Crippen LogP contribution >= 0.6 is 0 Å². The van der Waals surface area contributed by atoms with E-state index in [0.717, 1.165) is 12.0 Å². The van der Waals surface area contributed by atoms with Crippen LogP contribution in [0.5, 0.6) is 0 Å². The van der Waals surface area contributed by atoms with Crippen molar-refractivity contribution in [1.82, 2.24) is 0 Å². The first-order valence-electron chi connectivity index (χ1n) is 3.45. The van der Waals surface area contributed by atoms with Crippen LogP contribution in [-0.2, 0) is 6.42 Å². The first kappa shape index (κ1) is 15.8. The van der Waals surface area contributed by atoms with E-state index in [1.807, 2.05) is 6.07 Å². The normalized spacial score (nSPS) is 7.69. The summed E-state index contributed by atoms with van der Waals surface area (Å²) in [5, 5.41) is 0. The van der Waals surface area contributed by atoms with E-state index in [9.17, 15) is 4.79 Å². The fourth-order valence-electron chi connectivity index (χ4n) is 0.820. The van der Waals surface area contributed by atoms with Crippen LogP contribution < -0.4 is 63.6 Å². The van der Waals surface area contributed by atoms with Crippen LogP contribution in [0.4, 0.5) is 0 Å². The first-order chi connectivity index (χ1) is 5.33. The minimum absolute atomic E-state index is 0. The van der Waals surface area contributed by atoms with E-state index in [2.05, 4.69) is 12.6 Å². The molecule has 0 aromatic heterocycles. The summed E-state index contributed by atoms with van der Waals surface area (Å²) in [4.78, 5) is 10.7. The first-order valence-corrected chi connectivity index (χ1v) is 3.45. The van der Waals surface area contributed by atoms with Crippen LogP contribution in [0.25, 0.3) is 0 Å². The zero-order valence-electron chi connectivity index (χ0n) is 7.66. The molecule has 1 N–H and O–H groups in total. The third-order valence-corrected chi connectivity index (χ3v) is 1.35. The molecular weight excluding hydrogens is 238 g/mol. The third-order valence-electron chi connectivity index (χ3n) is 1.35. The van der Waals surface area contributed by atoms with E-state index in [4.69, 9.17) is 0 Å². The molecule has 1 aromatic carbocycles. The molecule has 1 rings (SSSR count). The van der Waals surface area contributed by atoms with E-state index < -0.39 is 0 Å². The Labute approximate surface area is 127 Å². The van der Waals surface area contributed by atoms with Crippen LogP contribution in [0, 0.1) is 6.07 Å². The molecular formula is C10H10O2Rb-. The largest absolute Gasteiger partial charge is 1.00 e. The standard InChI is InChI=1S/C10H9O.H2O.Rb/c1-2-4-9-5-3-6-10(11)8-7-9;;/h2-3,5,7-8H,1,4H2;1H2;/q-1;;+1/p-1. The number of allylic oxidation sites excluding steroid dienone is 1. The van der Waals surface area contributed by atoms with Gasteiger partial charge >= 0.3 is 58.2 Å². The van der Waals surface area contributed by atoms with Gasteiger partial charge in [0.25, 0.3) is 0 Å². The maximum absolute atomic E-state index is 10.7. The van der Waals surface area contributed by atoms with Crippen molar-refractivity contribution in [3.63, 3.8) is 0 Å². The summed E-state index contributed by atoms with van der Waals surface area (Å²) < 4.78 is 0. The fraction of sp³-hybridized carbons (Fsp3) is 0.100. The van der Waals surface area contributed by atoms with Crippen molar-refractivity contribution in [3.8, 4) is 0 Å². The molecule has 0 bridgehead atoms. The van der Waals surface area contributed by atoms with E-state index in [-0.39, 0.29) is 69.1 Å². The summed E-state index contributed by atoms with van der Waals surface area (Å²) in [5.41, 5.74) is 0.999. The van der Waals surface area contributed by atoms with Crippen molar-refractivity contribution in [2.75, 3.05) is 0 Å². The molecule has 0 heterocycles. The van der Waals surface area contributed by atoms with Gasteiger partial charge in [-0.3, -0.25) is 0 Å². The van der Waals surface area contributed by atoms with Gasteiger partial charge in [0, 0.05) is 0 Å². The zero-order chi connectivity index (χ0) is 8.10. The predicted molar refractivity (Wildman–Crippen MR) is 47.4 cm³/mol. The quantitative estimate of drug-likeness (QED) is 0.467.